The third kappa shape index (κ3) is 8.22. The summed E-state index contributed by atoms with van der Waals surface area (Å²) in [6.07, 6.45) is -4.39. The standard InChI is InChI=1S/C23H17F3N2O2S2.C4H10N/c1-14-11-19(15-5-7-18(8-6-15)23(24,25)26)28-20(12-14)16-3-2-4-17(13-16)21-9-10-22(31-21)32(27,29)30;1-4(2,3)5/h2-13H,1H3,(H2,27,29,30);5H,1-3H3/q;-1. The third-order valence-corrected chi connectivity index (χ3v) is 7.36. The number of nitrogens with one attached hydrogen (secondary N) is 1. The van der Waals surface area contributed by atoms with Gasteiger partial charge in [-0.1, -0.05) is 51.1 Å². The summed E-state index contributed by atoms with van der Waals surface area (Å²) < 4.78 is 61.8. The summed E-state index contributed by atoms with van der Waals surface area (Å²) >= 11 is 1.08. The molecule has 2 aromatic carbocycles. The molecule has 0 bridgehead atoms. The number of thiophene rings is 1. The van der Waals surface area contributed by atoms with Crippen molar-refractivity contribution in [2.24, 2.45) is 5.14 Å². The lowest BCUT2D eigenvalue weighted by atomic mass is 10.0. The summed E-state index contributed by atoms with van der Waals surface area (Å²) in [5.41, 5.74) is 10.3. The van der Waals surface area contributed by atoms with E-state index < -0.39 is 21.8 Å². The Morgan fingerprint density at radius 1 is 0.838 bits per heavy atom. The molecule has 3 N–H and O–H groups in total. The fourth-order valence-electron chi connectivity index (χ4n) is 3.25. The Morgan fingerprint density at radius 2 is 1.38 bits per heavy atom. The zero-order valence-electron chi connectivity index (χ0n) is 20.7. The monoisotopic (exact) mass is 546 g/mol. The first-order valence-electron chi connectivity index (χ1n) is 11.2. The lowest BCUT2D eigenvalue weighted by Gasteiger charge is -2.20. The molecule has 0 radical (unpaired) electrons. The second kappa shape index (κ2) is 10.7. The molecule has 2 heterocycles. The maximum Gasteiger partial charge on any atom is 0.416 e. The van der Waals surface area contributed by atoms with Gasteiger partial charge in [0, 0.05) is 16.0 Å². The molecule has 4 rings (SSSR count). The quantitative estimate of drug-likeness (QED) is 0.281. The molecule has 0 atom stereocenters. The molecule has 0 aliphatic heterocycles. The Morgan fingerprint density at radius 3 is 1.89 bits per heavy atom. The molecule has 0 fully saturated rings. The van der Waals surface area contributed by atoms with Crippen LogP contribution in [0.1, 0.15) is 31.9 Å². The van der Waals surface area contributed by atoms with E-state index in [1.807, 2.05) is 64.1 Å². The highest BCUT2D eigenvalue weighted by atomic mass is 32.2. The summed E-state index contributed by atoms with van der Waals surface area (Å²) in [6.45, 7) is 7.45. The Balaban J connectivity index is 0.000000695. The van der Waals surface area contributed by atoms with Gasteiger partial charge in [-0.15, -0.1) is 16.9 Å². The van der Waals surface area contributed by atoms with Crippen molar-refractivity contribution in [2.75, 3.05) is 0 Å². The number of sulfonamides is 1. The third-order valence-electron chi connectivity index (χ3n) is 4.78. The van der Waals surface area contributed by atoms with Crippen LogP contribution >= 0.6 is 11.3 Å². The number of aromatic nitrogens is 1. The van der Waals surface area contributed by atoms with Crippen molar-refractivity contribution in [3.8, 4) is 33.0 Å². The normalized spacial score (nSPS) is 12.1. The van der Waals surface area contributed by atoms with Gasteiger partial charge in [-0.2, -0.15) is 13.2 Å². The van der Waals surface area contributed by atoms with Crippen LogP contribution in [0.4, 0.5) is 13.2 Å². The first-order valence-corrected chi connectivity index (χ1v) is 13.5. The lowest BCUT2D eigenvalue weighted by molar-refractivity contribution is -0.137. The average Bonchev–Trinajstić information content (AvgIpc) is 3.28. The zero-order valence-corrected chi connectivity index (χ0v) is 22.4. The van der Waals surface area contributed by atoms with Crippen molar-refractivity contribution in [3.05, 3.63) is 89.7 Å². The summed E-state index contributed by atoms with van der Waals surface area (Å²) in [5.74, 6) is 0. The van der Waals surface area contributed by atoms with Gasteiger partial charge >= 0.3 is 6.18 Å². The minimum atomic E-state index is -4.39. The first kappa shape index (κ1) is 28.5. The SMILES string of the molecule is CC(C)(C)[NH-].Cc1cc(-c2ccc(C(F)(F)F)cc2)nc(-c2cccc(-c3ccc(S(N)(=O)=O)s3)c2)c1. The second-order valence-electron chi connectivity index (χ2n) is 9.48. The highest BCUT2D eigenvalue weighted by molar-refractivity contribution is 7.91. The smallest absolute Gasteiger partial charge is 0.416 e. The van der Waals surface area contributed by atoms with E-state index in [0.29, 0.717) is 17.0 Å². The van der Waals surface area contributed by atoms with Crippen molar-refractivity contribution < 1.29 is 21.6 Å². The number of pyridine rings is 1. The number of halogens is 3. The van der Waals surface area contributed by atoms with E-state index in [2.05, 4.69) is 4.98 Å². The van der Waals surface area contributed by atoms with Gasteiger partial charge in [0.1, 0.15) is 4.21 Å². The fraction of sp³-hybridized carbons (Fsp3) is 0.222. The number of benzene rings is 2. The molecule has 0 spiro atoms. The molecule has 196 valence electrons. The number of hydrogen-bond donors (Lipinski definition) is 1. The van der Waals surface area contributed by atoms with E-state index in [4.69, 9.17) is 10.9 Å². The topological polar surface area (TPSA) is 96.8 Å². The molecule has 37 heavy (non-hydrogen) atoms. The molecular weight excluding hydrogens is 519 g/mol. The van der Waals surface area contributed by atoms with Crippen molar-refractivity contribution in [2.45, 2.75) is 43.6 Å². The summed E-state index contributed by atoms with van der Waals surface area (Å²) in [4.78, 5) is 5.39. The van der Waals surface area contributed by atoms with Crippen LogP contribution in [0.5, 0.6) is 0 Å². The number of hydrogen-bond acceptors (Lipinski definition) is 4. The van der Waals surface area contributed by atoms with Crippen LogP contribution in [-0.2, 0) is 16.2 Å². The van der Waals surface area contributed by atoms with Crippen LogP contribution in [0, 0.1) is 6.92 Å². The Kier molecular flexibility index (Phi) is 8.28. The highest BCUT2D eigenvalue weighted by Crippen LogP contribution is 2.34. The van der Waals surface area contributed by atoms with Crippen LogP contribution in [0.3, 0.4) is 0 Å². The predicted octanol–water partition coefficient (Wildman–Crippen LogP) is 7.96. The lowest BCUT2D eigenvalue weighted by Crippen LogP contribution is -2.09. The number of aryl methyl sites for hydroxylation is 1. The molecule has 4 aromatic rings. The van der Waals surface area contributed by atoms with E-state index in [-0.39, 0.29) is 9.75 Å². The maximum atomic E-state index is 12.9. The molecular formula is C27H27F3N3O2S2-. The molecule has 10 heteroatoms. The number of nitrogens with zero attached hydrogens (tertiary/aromatic N) is 1. The minimum absolute atomic E-state index is 0.0798. The summed E-state index contributed by atoms with van der Waals surface area (Å²) in [5, 5.41) is 5.20. The molecule has 5 nitrogen and oxygen atoms in total. The Labute approximate surface area is 219 Å². The van der Waals surface area contributed by atoms with Gasteiger partial charge in [0.2, 0.25) is 10.0 Å². The van der Waals surface area contributed by atoms with Crippen LogP contribution in [0.15, 0.2) is 77.0 Å². The molecule has 0 saturated heterocycles. The van der Waals surface area contributed by atoms with E-state index in [9.17, 15) is 21.6 Å². The van der Waals surface area contributed by atoms with Crippen LogP contribution < -0.4 is 5.14 Å². The molecule has 0 saturated carbocycles. The van der Waals surface area contributed by atoms with Crippen LogP contribution in [-0.4, -0.2) is 18.9 Å². The van der Waals surface area contributed by atoms with Crippen LogP contribution in [0.25, 0.3) is 38.7 Å². The van der Waals surface area contributed by atoms with Crippen molar-refractivity contribution in [1.29, 1.82) is 0 Å². The van der Waals surface area contributed by atoms with Gasteiger partial charge in [0.15, 0.2) is 0 Å². The number of nitrogens with two attached hydrogens (primary N) is 1. The average molecular weight is 547 g/mol. The van der Waals surface area contributed by atoms with Gasteiger partial charge in [0.25, 0.3) is 0 Å². The van der Waals surface area contributed by atoms with Crippen molar-refractivity contribution in [1.82, 2.24) is 4.98 Å². The second-order valence-corrected chi connectivity index (χ2v) is 12.4. The molecule has 0 aliphatic rings. The maximum absolute atomic E-state index is 12.9. The predicted molar refractivity (Wildman–Crippen MR) is 144 cm³/mol. The Hall–Kier alpha value is -3.05. The minimum Gasteiger partial charge on any atom is -0.673 e. The number of primary sulfonamides is 1. The van der Waals surface area contributed by atoms with Gasteiger partial charge in [0.05, 0.1) is 17.0 Å². The van der Waals surface area contributed by atoms with Gasteiger partial charge in [-0.25, -0.2) is 18.5 Å². The summed E-state index contributed by atoms with van der Waals surface area (Å²) in [6, 6.07) is 19.2. The summed E-state index contributed by atoms with van der Waals surface area (Å²) in [7, 11) is -3.77. The van der Waals surface area contributed by atoms with Gasteiger partial charge in [-0.05, 0) is 60.5 Å². The van der Waals surface area contributed by atoms with Crippen LogP contribution in [0.2, 0.25) is 0 Å². The highest BCUT2D eigenvalue weighted by Gasteiger charge is 2.30. The number of rotatable bonds is 4. The first-order chi connectivity index (χ1) is 17.0. The van der Waals surface area contributed by atoms with Gasteiger partial charge in [-0.3, -0.25) is 0 Å². The fourth-order valence-corrected chi connectivity index (χ4v) is 4.98. The molecule has 2 aromatic heterocycles. The molecule has 0 aliphatic carbocycles. The van der Waals surface area contributed by atoms with E-state index in [1.165, 1.54) is 18.2 Å². The van der Waals surface area contributed by atoms with Crippen molar-refractivity contribution >= 4 is 21.4 Å². The molecule has 0 unspecified atom stereocenters. The zero-order chi connectivity index (χ0) is 27.6. The van der Waals surface area contributed by atoms with E-state index in [0.717, 1.165) is 45.0 Å². The van der Waals surface area contributed by atoms with E-state index in [1.54, 1.807) is 6.07 Å². The molecule has 0 amide bonds. The number of alkyl halides is 3. The largest absolute Gasteiger partial charge is 0.673 e. The van der Waals surface area contributed by atoms with Crippen molar-refractivity contribution in [3.63, 3.8) is 0 Å². The van der Waals surface area contributed by atoms with Gasteiger partial charge < -0.3 is 5.73 Å². The Bertz CT molecular complexity index is 1480. The van der Waals surface area contributed by atoms with E-state index >= 15 is 0 Å².